The van der Waals surface area contributed by atoms with Crippen molar-refractivity contribution < 1.29 is 4.92 Å². The first-order chi connectivity index (χ1) is 15.6. The molecule has 0 amide bonds. The fourth-order valence-corrected chi connectivity index (χ4v) is 3.49. The molecule has 4 rings (SSSR count). The Morgan fingerprint density at radius 3 is 2.25 bits per heavy atom. The number of nitrogens with zero attached hydrogens (tertiary/aromatic N) is 7. The lowest BCUT2D eigenvalue weighted by Crippen LogP contribution is -2.46. The minimum atomic E-state index is -0.424. The van der Waals surface area contributed by atoms with Crippen molar-refractivity contribution in [1.82, 2.24) is 14.9 Å². The van der Waals surface area contributed by atoms with E-state index in [-0.39, 0.29) is 11.5 Å². The summed E-state index contributed by atoms with van der Waals surface area (Å²) < 4.78 is 0. The quantitative estimate of drug-likeness (QED) is 0.327. The summed E-state index contributed by atoms with van der Waals surface area (Å²) in [6.07, 6.45) is 1.36. The third-order valence-corrected chi connectivity index (χ3v) is 5.27. The molecule has 1 fully saturated rings. The van der Waals surface area contributed by atoms with E-state index in [2.05, 4.69) is 37.3 Å². The van der Waals surface area contributed by atoms with Crippen LogP contribution in [0.1, 0.15) is 6.92 Å². The molecule has 1 saturated heterocycles. The summed E-state index contributed by atoms with van der Waals surface area (Å²) in [5, 5.41) is 23.3. The zero-order valence-electron chi connectivity index (χ0n) is 17.8. The van der Waals surface area contributed by atoms with E-state index in [0.717, 1.165) is 25.3 Å². The molecule has 164 valence electrons. The third-order valence-electron chi connectivity index (χ3n) is 5.27. The number of anilines is 3. The van der Waals surface area contributed by atoms with Gasteiger partial charge >= 0.3 is 5.69 Å². The number of aromatic nitrogens is 2. The number of hydrogen-bond acceptors (Lipinski definition) is 9. The van der Waals surface area contributed by atoms with Gasteiger partial charge in [0.2, 0.25) is 11.6 Å². The Hall–Kier alpha value is -3.92. The van der Waals surface area contributed by atoms with Gasteiger partial charge < -0.3 is 15.1 Å². The molecular weight excluding hydrogens is 408 g/mol. The highest BCUT2D eigenvalue weighted by Gasteiger charge is 2.29. The van der Waals surface area contributed by atoms with Gasteiger partial charge in [-0.2, -0.15) is 10.2 Å². The normalized spacial score (nSPS) is 14.6. The van der Waals surface area contributed by atoms with Gasteiger partial charge in [0, 0.05) is 31.9 Å². The summed E-state index contributed by atoms with van der Waals surface area (Å²) in [5.74, 6) is 0.508. The fraction of sp³-hybridized carbons (Fsp3) is 0.273. The monoisotopic (exact) mass is 432 g/mol. The maximum Gasteiger partial charge on any atom is 0.353 e. The summed E-state index contributed by atoms with van der Waals surface area (Å²) >= 11 is 0. The van der Waals surface area contributed by atoms with E-state index in [0.29, 0.717) is 30.3 Å². The molecule has 1 aliphatic rings. The van der Waals surface area contributed by atoms with Gasteiger partial charge in [-0.3, -0.25) is 10.1 Å². The zero-order chi connectivity index (χ0) is 22.3. The average Bonchev–Trinajstić information content (AvgIpc) is 2.84. The molecule has 10 nitrogen and oxygen atoms in total. The van der Waals surface area contributed by atoms with Crippen LogP contribution >= 0.6 is 0 Å². The number of rotatable bonds is 7. The van der Waals surface area contributed by atoms with E-state index in [4.69, 9.17) is 0 Å². The second-order valence-corrected chi connectivity index (χ2v) is 7.28. The summed E-state index contributed by atoms with van der Waals surface area (Å²) in [4.78, 5) is 24.1. The van der Waals surface area contributed by atoms with Gasteiger partial charge in [0.25, 0.3) is 0 Å². The Labute approximate surface area is 185 Å². The van der Waals surface area contributed by atoms with Crippen molar-refractivity contribution >= 4 is 34.4 Å². The van der Waals surface area contributed by atoms with Gasteiger partial charge in [0.1, 0.15) is 6.33 Å². The van der Waals surface area contributed by atoms with Gasteiger partial charge in [-0.25, -0.2) is 9.97 Å². The lowest BCUT2D eigenvalue weighted by atomic mass is 10.2. The minimum absolute atomic E-state index is 0.120. The average molecular weight is 432 g/mol. The van der Waals surface area contributed by atoms with Crippen molar-refractivity contribution in [1.29, 1.82) is 0 Å². The highest BCUT2D eigenvalue weighted by atomic mass is 16.6. The van der Waals surface area contributed by atoms with Gasteiger partial charge in [-0.1, -0.05) is 25.1 Å². The van der Waals surface area contributed by atoms with E-state index in [1.165, 1.54) is 6.33 Å². The molecule has 0 bridgehead atoms. The topological polar surface area (TPSA) is 112 Å². The number of hydrogen-bond donors (Lipinski definition) is 1. The van der Waals surface area contributed by atoms with Crippen LogP contribution in [0.2, 0.25) is 0 Å². The maximum absolute atomic E-state index is 11.9. The molecule has 0 unspecified atom stereocenters. The zero-order valence-corrected chi connectivity index (χ0v) is 17.8. The minimum Gasteiger partial charge on any atom is -0.348 e. The molecule has 2 aromatic carbocycles. The summed E-state index contributed by atoms with van der Waals surface area (Å²) in [6.45, 7) is 6.14. The second-order valence-electron chi connectivity index (χ2n) is 7.28. The maximum atomic E-state index is 11.9. The Bertz CT molecular complexity index is 1080. The number of likely N-dealkylation sites (N-methyl/N-ethyl adjacent to an activating group) is 1. The number of azo groups is 1. The second kappa shape index (κ2) is 9.92. The smallest absolute Gasteiger partial charge is 0.348 e. The molecule has 0 saturated carbocycles. The van der Waals surface area contributed by atoms with E-state index in [1.54, 1.807) is 24.3 Å². The number of nitrogens with one attached hydrogen (secondary N) is 1. The summed E-state index contributed by atoms with van der Waals surface area (Å²) in [7, 11) is 0. The number of piperazine rings is 1. The van der Waals surface area contributed by atoms with Gasteiger partial charge in [0.05, 0.1) is 16.3 Å². The van der Waals surface area contributed by atoms with Crippen LogP contribution in [0.3, 0.4) is 0 Å². The van der Waals surface area contributed by atoms with Crippen molar-refractivity contribution in [2.45, 2.75) is 6.92 Å². The summed E-state index contributed by atoms with van der Waals surface area (Å²) in [6, 6.07) is 16.6. The van der Waals surface area contributed by atoms with Crippen molar-refractivity contribution in [2.24, 2.45) is 10.2 Å². The predicted octanol–water partition coefficient (Wildman–Crippen LogP) is 4.69. The Morgan fingerprint density at radius 1 is 0.969 bits per heavy atom. The lowest BCUT2D eigenvalue weighted by Gasteiger charge is -2.34. The molecule has 32 heavy (non-hydrogen) atoms. The van der Waals surface area contributed by atoms with Crippen molar-refractivity contribution in [3.63, 3.8) is 0 Å². The van der Waals surface area contributed by atoms with Crippen LogP contribution in [0, 0.1) is 10.1 Å². The van der Waals surface area contributed by atoms with Gasteiger partial charge in [-0.15, -0.1) is 0 Å². The van der Waals surface area contributed by atoms with E-state index in [1.807, 2.05) is 35.2 Å². The Kier molecular flexibility index (Phi) is 6.61. The first-order valence-corrected chi connectivity index (χ1v) is 10.4. The molecule has 2 heterocycles. The van der Waals surface area contributed by atoms with Crippen LogP contribution in [-0.2, 0) is 0 Å². The van der Waals surface area contributed by atoms with Crippen LogP contribution in [-0.4, -0.2) is 52.5 Å². The van der Waals surface area contributed by atoms with Crippen molar-refractivity contribution in [3.05, 3.63) is 71.0 Å². The Balaban J connectivity index is 1.51. The van der Waals surface area contributed by atoms with Crippen LogP contribution in [0.5, 0.6) is 0 Å². The first-order valence-electron chi connectivity index (χ1n) is 10.4. The van der Waals surface area contributed by atoms with Crippen LogP contribution in [0.4, 0.5) is 34.4 Å². The number of nitro groups is 1. The van der Waals surface area contributed by atoms with E-state index in [9.17, 15) is 10.1 Å². The molecular formula is C22H24N8O2. The summed E-state index contributed by atoms with van der Waals surface area (Å²) in [5.41, 5.74) is 1.97. The molecule has 0 spiro atoms. The van der Waals surface area contributed by atoms with Gasteiger partial charge in [-0.05, 0) is 42.9 Å². The highest BCUT2D eigenvalue weighted by molar-refractivity contribution is 5.74. The fourth-order valence-electron chi connectivity index (χ4n) is 3.49. The molecule has 0 atom stereocenters. The molecule has 1 aromatic heterocycles. The van der Waals surface area contributed by atoms with Crippen LogP contribution in [0.15, 0.2) is 71.2 Å². The van der Waals surface area contributed by atoms with Crippen molar-refractivity contribution in [3.8, 4) is 0 Å². The largest absolute Gasteiger partial charge is 0.353 e. The van der Waals surface area contributed by atoms with Gasteiger partial charge in [0.15, 0.2) is 0 Å². The standard InChI is InChI=1S/C22H24N8O2/c1-2-28-12-14-29(15-13-28)22-20(30(31)32)21(23-16-24-22)25-17-8-10-19(11-9-17)27-26-18-6-4-3-5-7-18/h3-11,16H,2,12-15H2,1H3,(H,23,24,25). The molecule has 1 aliphatic heterocycles. The predicted molar refractivity (Wildman–Crippen MR) is 123 cm³/mol. The molecule has 1 N–H and O–H groups in total. The molecule has 3 aromatic rings. The SMILES string of the molecule is CCN1CCN(c2ncnc(Nc3ccc(N=Nc4ccccc4)cc3)c2[N+](=O)[O-])CC1. The van der Waals surface area contributed by atoms with Crippen molar-refractivity contribution in [2.75, 3.05) is 42.9 Å². The number of benzene rings is 2. The van der Waals surface area contributed by atoms with E-state index >= 15 is 0 Å². The third kappa shape index (κ3) is 5.03. The van der Waals surface area contributed by atoms with Crippen LogP contribution < -0.4 is 10.2 Å². The van der Waals surface area contributed by atoms with E-state index < -0.39 is 4.92 Å². The molecule has 0 aliphatic carbocycles. The Morgan fingerprint density at radius 2 is 1.62 bits per heavy atom. The lowest BCUT2D eigenvalue weighted by molar-refractivity contribution is -0.383. The highest BCUT2D eigenvalue weighted by Crippen LogP contribution is 2.34. The molecule has 10 heteroatoms. The molecule has 0 radical (unpaired) electrons. The van der Waals surface area contributed by atoms with Crippen LogP contribution in [0.25, 0.3) is 0 Å². The first kappa shape index (κ1) is 21.3.